The van der Waals surface area contributed by atoms with Crippen molar-refractivity contribution in [3.05, 3.63) is 0 Å². The molecule has 0 saturated heterocycles. The van der Waals surface area contributed by atoms with Gasteiger partial charge in [-0.2, -0.15) is 0 Å². The van der Waals surface area contributed by atoms with Crippen molar-refractivity contribution in [2.24, 2.45) is 5.92 Å². The number of aliphatic hydroxyl groups excluding tert-OH is 1. The highest BCUT2D eigenvalue weighted by Crippen LogP contribution is 2.12. The smallest absolute Gasteiger partial charge is 0.234 e. The van der Waals surface area contributed by atoms with E-state index in [1.165, 1.54) is 0 Å². The molecule has 0 radical (unpaired) electrons. The number of nitrogens with one attached hydrogen (secondary N) is 1. The van der Waals surface area contributed by atoms with Gasteiger partial charge in [0, 0.05) is 12.6 Å². The maximum absolute atomic E-state index is 11.6. The van der Waals surface area contributed by atoms with E-state index in [0.717, 1.165) is 12.8 Å². The number of carbonyl (C=O) groups excluding carboxylic acids is 1. The minimum absolute atomic E-state index is 0.0220. The van der Waals surface area contributed by atoms with Gasteiger partial charge in [0.25, 0.3) is 0 Å². The molecule has 0 rings (SSSR count). The highest BCUT2D eigenvalue weighted by atomic mass is 16.3. The summed E-state index contributed by atoms with van der Waals surface area (Å²) in [7, 11) is 1.92. The maximum atomic E-state index is 11.6. The highest BCUT2D eigenvalue weighted by molar-refractivity contribution is 5.78. The molecule has 0 spiro atoms. The predicted molar refractivity (Wildman–Crippen MR) is 70.9 cm³/mol. The van der Waals surface area contributed by atoms with Crippen LogP contribution >= 0.6 is 0 Å². The van der Waals surface area contributed by atoms with Crippen molar-refractivity contribution in [3.63, 3.8) is 0 Å². The van der Waals surface area contributed by atoms with Crippen LogP contribution in [0.15, 0.2) is 0 Å². The Morgan fingerprint density at radius 1 is 1.29 bits per heavy atom. The summed E-state index contributed by atoms with van der Waals surface area (Å²) >= 11 is 0. The van der Waals surface area contributed by atoms with Crippen LogP contribution in [-0.2, 0) is 4.79 Å². The molecule has 1 unspecified atom stereocenters. The van der Waals surface area contributed by atoms with E-state index < -0.39 is 6.10 Å². The maximum Gasteiger partial charge on any atom is 0.234 e. The summed E-state index contributed by atoms with van der Waals surface area (Å²) in [6, 6.07) is 0.352. The Kier molecular flexibility index (Phi) is 8.17. The molecule has 0 bridgehead atoms. The Hall–Kier alpha value is -0.610. The van der Waals surface area contributed by atoms with E-state index in [4.69, 9.17) is 0 Å². The van der Waals surface area contributed by atoms with Gasteiger partial charge in [0.1, 0.15) is 0 Å². The van der Waals surface area contributed by atoms with Crippen LogP contribution in [0.5, 0.6) is 0 Å². The number of hydrogen-bond donors (Lipinski definition) is 2. The summed E-state index contributed by atoms with van der Waals surface area (Å²) in [6.45, 7) is 8.96. The Balaban J connectivity index is 3.91. The summed E-state index contributed by atoms with van der Waals surface area (Å²) in [4.78, 5) is 13.6. The summed E-state index contributed by atoms with van der Waals surface area (Å²) in [5, 5.41) is 12.7. The fourth-order valence-corrected chi connectivity index (χ4v) is 1.68. The lowest BCUT2D eigenvalue weighted by atomic mass is 9.96. The Labute approximate surface area is 105 Å². The van der Waals surface area contributed by atoms with Crippen LogP contribution in [0.1, 0.15) is 40.5 Å². The van der Waals surface area contributed by atoms with Crippen molar-refractivity contribution in [1.82, 2.24) is 10.2 Å². The molecular formula is C13H28N2O2. The first-order valence-electron chi connectivity index (χ1n) is 6.57. The van der Waals surface area contributed by atoms with Crippen molar-refractivity contribution in [1.29, 1.82) is 0 Å². The molecule has 4 nitrogen and oxygen atoms in total. The molecule has 102 valence electrons. The normalized spacial score (nSPS) is 13.5. The van der Waals surface area contributed by atoms with Crippen LogP contribution in [-0.4, -0.2) is 48.2 Å². The molecule has 4 heteroatoms. The van der Waals surface area contributed by atoms with Crippen LogP contribution in [0.3, 0.4) is 0 Å². The number of rotatable bonds is 8. The molecule has 0 aliphatic heterocycles. The molecule has 17 heavy (non-hydrogen) atoms. The van der Waals surface area contributed by atoms with E-state index in [0.29, 0.717) is 19.1 Å². The molecule has 0 aromatic heterocycles. The minimum atomic E-state index is -0.432. The van der Waals surface area contributed by atoms with Gasteiger partial charge in [-0.15, -0.1) is 0 Å². The summed E-state index contributed by atoms with van der Waals surface area (Å²) in [5.41, 5.74) is 0. The van der Waals surface area contributed by atoms with Gasteiger partial charge in [0.05, 0.1) is 12.6 Å². The molecule has 0 aromatic rings. The second kappa shape index (κ2) is 8.48. The van der Waals surface area contributed by atoms with Gasteiger partial charge < -0.3 is 10.4 Å². The van der Waals surface area contributed by atoms with E-state index in [9.17, 15) is 9.90 Å². The van der Waals surface area contributed by atoms with Crippen molar-refractivity contribution in [3.8, 4) is 0 Å². The van der Waals surface area contributed by atoms with Gasteiger partial charge in [-0.3, -0.25) is 9.69 Å². The SMILES string of the molecule is CCC(CC)C(O)CNC(=O)CN(C)C(C)C. The largest absolute Gasteiger partial charge is 0.391 e. The fraction of sp³-hybridized carbons (Fsp3) is 0.923. The number of nitrogens with zero attached hydrogens (tertiary/aromatic N) is 1. The Morgan fingerprint density at radius 2 is 1.82 bits per heavy atom. The predicted octanol–water partition coefficient (Wildman–Crippen LogP) is 1.24. The van der Waals surface area contributed by atoms with Gasteiger partial charge in [0.15, 0.2) is 0 Å². The van der Waals surface area contributed by atoms with Crippen LogP contribution in [0.4, 0.5) is 0 Å². The van der Waals surface area contributed by atoms with E-state index in [-0.39, 0.29) is 11.8 Å². The molecule has 2 N–H and O–H groups in total. The third kappa shape index (κ3) is 6.64. The number of carbonyl (C=O) groups is 1. The topological polar surface area (TPSA) is 52.6 Å². The van der Waals surface area contributed by atoms with Gasteiger partial charge in [-0.05, 0) is 26.8 Å². The van der Waals surface area contributed by atoms with E-state index in [1.54, 1.807) is 0 Å². The zero-order valence-corrected chi connectivity index (χ0v) is 11.9. The Morgan fingerprint density at radius 3 is 2.24 bits per heavy atom. The Bertz CT molecular complexity index is 215. The molecule has 0 aromatic carbocycles. The molecule has 1 amide bonds. The second-order valence-corrected chi connectivity index (χ2v) is 4.96. The lowest BCUT2D eigenvalue weighted by molar-refractivity contribution is -0.123. The van der Waals surface area contributed by atoms with Crippen molar-refractivity contribution < 1.29 is 9.90 Å². The molecular weight excluding hydrogens is 216 g/mol. The van der Waals surface area contributed by atoms with Gasteiger partial charge in [0.2, 0.25) is 5.91 Å². The second-order valence-electron chi connectivity index (χ2n) is 4.96. The monoisotopic (exact) mass is 244 g/mol. The first-order chi connectivity index (χ1) is 7.92. The van der Waals surface area contributed by atoms with Crippen molar-refractivity contribution >= 4 is 5.91 Å². The van der Waals surface area contributed by atoms with Gasteiger partial charge in [-0.1, -0.05) is 26.7 Å². The third-order valence-corrected chi connectivity index (χ3v) is 3.38. The molecule has 0 fully saturated rings. The minimum Gasteiger partial charge on any atom is -0.391 e. The fourth-order valence-electron chi connectivity index (χ4n) is 1.68. The first kappa shape index (κ1) is 16.4. The van der Waals surface area contributed by atoms with E-state index in [1.807, 2.05) is 25.8 Å². The van der Waals surface area contributed by atoms with E-state index in [2.05, 4.69) is 19.2 Å². The highest BCUT2D eigenvalue weighted by Gasteiger charge is 2.16. The number of amides is 1. The molecule has 0 saturated carbocycles. The number of likely N-dealkylation sites (N-methyl/N-ethyl adjacent to an activating group) is 1. The summed E-state index contributed by atoms with van der Waals surface area (Å²) in [5.74, 6) is 0.254. The zero-order valence-electron chi connectivity index (χ0n) is 11.9. The number of hydrogen-bond acceptors (Lipinski definition) is 3. The molecule has 1 atom stereocenters. The van der Waals surface area contributed by atoms with Gasteiger partial charge >= 0.3 is 0 Å². The lowest BCUT2D eigenvalue weighted by Crippen LogP contribution is -2.42. The molecule has 0 aliphatic carbocycles. The van der Waals surface area contributed by atoms with Crippen LogP contribution in [0, 0.1) is 5.92 Å². The molecule has 0 heterocycles. The lowest BCUT2D eigenvalue weighted by Gasteiger charge is -2.23. The molecule has 0 aliphatic rings. The van der Waals surface area contributed by atoms with Crippen LogP contribution in [0.25, 0.3) is 0 Å². The zero-order chi connectivity index (χ0) is 13.4. The summed E-state index contributed by atoms with van der Waals surface area (Å²) in [6.07, 6.45) is 1.46. The standard InChI is InChI=1S/C13H28N2O2/c1-6-11(7-2)12(16)8-14-13(17)9-15(5)10(3)4/h10-12,16H,6-9H2,1-5H3,(H,14,17). The number of aliphatic hydroxyl groups is 1. The van der Waals surface area contributed by atoms with E-state index >= 15 is 0 Å². The third-order valence-electron chi connectivity index (χ3n) is 3.38. The van der Waals surface area contributed by atoms with Crippen molar-refractivity contribution in [2.75, 3.05) is 20.1 Å². The van der Waals surface area contributed by atoms with Crippen LogP contribution in [0.2, 0.25) is 0 Å². The summed E-state index contributed by atoms with van der Waals surface area (Å²) < 4.78 is 0. The van der Waals surface area contributed by atoms with Gasteiger partial charge in [-0.25, -0.2) is 0 Å². The first-order valence-corrected chi connectivity index (χ1v) is 6.57. The average Bonchev–Trinajstić information content (AvgIpc) is 2.27. The average molecular weight is 244 g/mol. The van der Waals surface area contributed by atoms with Crippen molar-refractivity contribution in [2.45, 2.75) is 52.7 Å². The van der Waals surface area contributed by atoms with Crippen LogP contribution < -0.4 is 5.32 Å². The quantitative estimate of drug-likeness (QED) is 0.675.